The molecular formula is C27H27FN2O3. The Morgan fingerprint density at radius 2 is 1.82 bits per heavy atom. The Bertz CT molecular complexity index is 1160. The molecule has 0 saturated carbocycles. The molecule has 1 aliphatic heterocycles. The number of amides is 2. The predicted molar refractivity (Wildman–Crippen MR) is 126 cm³/mol. The minimum absolute atomic E-state index is 0.0918. The molecule has 3 aromatic carbocycles. The molecular weight excluding hydrogens is 419 g/mol. The average molecular weight is 447 g/mol. The molecule has 1 saturated heterocycles. The van der Waals surface area contributed by atoms with E-state index in [9.17, 15) is 14.0 Å². The molecule has 33 heavy (non-hydrogen) atoms. The van der Waals surface area contributed by atoms with Crippen molar-refractivity contribution in [3.8, 4) is 16.9 Å². The van der Waals surface area contributed by atoms with E-state index in [0.29, 0.717) is 24.9 Å². The Balaban J connectivity index is 1.55. The minimum Gasteiger partial charge on any atom is -0.496 e. The molecule has 4 rings (SSSR count). The second-order valence-electron chi connectivity index (χ2n) is 8.42. The lowest BCUT2D eigenvalue weighted by Gasteiger charge is -2.28. The van der Waals surface area contributed by atoms with Gasteiger partial charge in [0.15, 0.2) is 0 Å². The van der Waals surface area contributed by atoms with E-state index in [4.69, 9.17) is 4.74 Å². The van der Waals surface area contributed by atoms with E-state index in [1.807, 2.05) is 48.5 Å². The number of para-hydroxylation sites is 1. The van der Waals surface area contributed by atoms with Crippen LogP contribution >= 0.6 is 0 Å². The Kier molecular flexibility index (Phi) is 6.45. The monoisotopic (exact) mass is 446 g/mol. The van der Waals surface area contributed by atoms with Gasteiger partial charge in [-0.15, -0.1) is 0 Å². The topological polar surface area (TPSA) is 58.6 Å². The van der Waals surface area contributed by atoms with Crippen molar-refractivity contribution in [2.75, 3.05) is 27.2 Å². The van der Waals surface area contributed by atoms with Crippen LogP contribution in [0.25, 0.3) is 11.1 Å². The second kappa shape index (κ2) is 9.45. The summed E-state index contributed by atoms with van der Waals surface area (Å²) < 4.78 is 19.1. The zero-order valence-corrected chi connectivity index (χ0v) is 18.8. The number of rotatable bonds is 6. The van der Waals surface area contributed by atoms with Crippen LogP contribution in [0.15, 0.2) is 72.8 Å². The molecule has 0 aliphatic carbocycles. The molecule has 5 nitrogen and oxygen atoms in total. The molecule has 1 heterocycles. The van der Waals surface area contributed by atoms with E-state index < -0.39 is 11.2 Å². The maximum Gasteiger partial charge on any atom is 0.253 e. The van der Waals surface area contributed by atoms with Crippen LogP contribution in [-0.4, -0.2) is 44.0 Å². The van der Waals surface area contributed by atoms with Crippen LogP contribution in [0.1, 0.15) is 22.3 Å². The van der Waals surface area contributed by atoms with E-state index in [1.165, 1.54) is 18.2 Å². The molecule has 0 bridgehead atoms. The smallest absolute Gasteiger partial charge is 0.253 e. The average Bonchev–Trinajstić information content (AvgIpc) is 3.28. The van der Waals surface area contributed by atoms with Crippen LogP contribution in [0.3, 0.4) is 0 Å². The number of benzene rings is 3. The Hall–Kier alpha value is -3.67. The van der Waals surface area contributed by atoms with Gasteiger partial charge in [0.25, 0.3) is 5.91 Å². The van der Waals surface area contributed by atoms with Crippen LogP contribution in [-0.2, 0) is 11.2 Å². The molecule has 1 atom stereocenters. The van der Waals surface area contributed by atoms with Gasteiger partial charge in [-0.25, -0.2) is 4.39 Å². The maximum atomic E-state index is 13.6. The van der Waals surface area contributed by atoms with Gasteiger partial charge in [-0.2, -0.15) is 0 Å². The van der Waals surface area contributed by atoms with Gasteiger partial charge < -0.3 is 15.0 Å². The summed E-state index contributed by atoms with van der Waals surface area (Å²) in [5.74, 6) is -0.000212. The molecule has 0 spiro atoms. The summed E-state index contributed by atoms with van der Waals surface area (Å²) in [5.41, 5.74) is 2.60. The number of carbonyl (C=O) groups is 2. The molecule has 1 fully saturated rings. The van der Waals surface area contributed by atoms with Crippen molar-refractivity contribution in [1.29, 1.82) is 0 Å². The van der Waals surface area contributed by atoms with Crippen LogP contribution in [0, 0.1) is 11.2 Å². The summed E-state index contributed by atoms with van der Waals surface area (Å²) >= 11 is 0. The van der Waals surface area contributed by atoms with E-state index in [1.54, 1.807) is 25.1 Å². The van der Waals surface area contributed by atoms with Crippen LogP contribution in [0.4, 0.5) is 4.39 Å². The molecule has 1 N–H and O–H groups in total. The lowest BCUT2D eigenvalue weighted by Crippen LogP contribution is -2.44. The molecule has 1 aliphatic rings. The highest BCUT2D eigenvalue weighted by molar-refractivity contribution is 5.95. The summed E-state index contributed by atoms with van der Waals surface area (Å²) in [4.78, 5) is 27.5. The van der Waals surface area contributed by atoms with Crippen molar-refractivity contribution >= 4 is 11.8 Å². The molecule has 2 amide bonds. The van der Waals surface area contributed by atoms with Crippen molar-refractivity contribution in [1.82, 2.24) is 10.2 Å². The van der Waals surface area contributed by atoms with E-state index in [2.05, 4.69) is 5.32 Å². The number of hydrogen-bond donors (Lipinski definition) is 1. The molecule has 0 aromatic heterocycles. The number of carbonyl (C=O) groups excluding carboxylic acids is 2. The van der Waals surface area contributed by atoms with Gasteiger partial charge in [0.1, 0.15) is 11.6 Å². The first-order valence-electron chi connectivity index (χ1n) is 10.9. The highest BCUT2D eigenvalue weighted by Crippen LogP contribution is 2.36. The summed E-state index contributed by atoms with van der Waals surface area (Å²) in [6.45, 7) is 0.734. The summed E-state index contributed by atoms with van der Waals surface area (Å²) in [5, 5.41) is 2.78. The lowest BCUT2D eigenvalue weighted by molar-refractivity contribution is -0.129. The number of likely N-dealkylation sites (tertiary alicyclic amines) is 1. The fourth-order valence-electron chi connectivity index (χ4n) is 4.60. The van der Waals surface area contributed by atoms with Crippen molar-refractivity contribution < 1.29 is 18.7 Å². The van der Waals surface area contributed by atoms with Gasteiger partial charge in [-0.05, 0) is 48.2 Å². The normalized spacial score (nSPS) is 17.6. The van der Waals surface area contributed by atoms with E-state index >= 15 is 0 Å². The van der Waals surface area contributed by atoms with Gasteiger partial charge in [-0.1, -0.05) is 48.5 Å². The van der Waals surface area contributed by atoms with E-state index in [0.717, 1.165) is 22.4 Å². The summed E-state index contributed by atoms with van der Waals surface area (Å²) in [6, 6.07) is 21.6. The highest BCUT2D eigenvalue weighted by Gasteiger charge is 2.45. The third kappa shape index (κ3) is 4.60. The van der Waals surface area contributed by atoms with Gasteiger partial charge in [-0.3, -0.25) is 9.59 Å². The second-order valence-corrected chi connectivity index (χ2v) is 8.42. The summed E-state index contributed by atoms with van der Waals surface area (Å²) in [6.07, 6.45) is 1.05. The number of nitrogens with one attached hydrogen (secondary N) is 1. The first-order chi connectivity index (χ1) is 16.0. The molecule has 3 aromatic rings. The molecule has 1 unspecified atom stereocenters. The van der Waals surface area contributed by atoms with Crippen molar-refractivity contribution in [3.05, 3.63) is 89.7 Å². The van der Waals surface area contributed by atoms with Gasteiger partial charge in [0, 0.05) is 31.3 Å². The highest BCUT2D eigenvalue weighted by atomic mass is 19.1. The first kappa shape index (κ1) is 22.5. The quantitative estimate of drug-likeness (QED) is 0.614. The van der Waals surface area contributed by atoms with Crippen molar-refractivity contribution in [2.24, 2.45) is 5.41 Å². The standard InChI is InChI=1S/C27H27FN2O3/c1-29-26(32)27(14-15-30(18-27)25(31)21-6-5-7-22(28)16-21)17-19-10-12-20(13-11-19)23-8-3-4-9-24(23)33-2/h3-13,16H,14-15,17-18H2,1-2H3,(H,29,32). The number of hydrogen-bond acceptors (Lipinski definition) is 3. The Labute approximate surface area is 193 Å². The summed E-state index contributed by atoms with van der Waals surface area (Å²) in [7, 11) is 3.27. The fourth-order valence-corrected chi connectivity index (χ4v) is 4.60. The minimum atomic E-state index is -0.732. The third-order valence-electron chi connectivity index (χ3n) is 6.34. The van der Waals surface area contributed by atoms with E-state index in [-0.39, 0.29) is 18.4 Å². The number of nitrogens with zero attached hydrogens (tertiary/aromatic N) is 1. The third-order valence-corrected chi connectivity index (χ3v) is 6.34. The Morgan fingerprint density at radius 1 is 1.06 bits per heavy atom. The van der Waals surface area contributed by atoms with Crippen LogP contribution in [0.5, 0.6) is 5.75 Å². The fraction of sp³-hybridized carbons (Fsp3) is 0.259. The number of halogens is 1. The van der Waals surface area contributed by atoms with Crippen molar-refractivity contribution in [2.45, 2.75) is 12.8 Å². The zero-order chi connectivity index (χ0) is 23.4. The number of ether oxygens (including phenoxy) is 1. The van der Waals surface area contributed by atoms with Gasteiger partial charge >= 0.3 is 0 Å². The van der Waals surface area contributed by atoms with Crippen LogP contribution in [0.2, 0.25) is 0 Å². The largest absolute Gasteiger partial charge is 0.496 e. The maximum absolute atomic E-state index is 13.6. The zero-order valence-electron chi connectivity index (χ0n) is 18.8. The van der Waals surface area contributed by atoms with Gasteiger partial charge in [0.2, 0.25) is 5.91 Å². The molecule has 170 valence electrons. The SMILES string of the molecule is CNC(=O)C1(Cc2ccc(-c3ccccc3OC)cc2)CCN(C(=O)c2cccc(F)c2)C1. The Morgan fingerprint density at radius 3 is 2.52 bits per heavy atom. The molecule has 6 heteroatoms. The first-order valence-corrected chi connectivity index (χ1v) is 10.9. The lowest BCUT2D eigenvalue weighted by atomic mass is 9.79. The predicted octanol–water partition coefficient (Wildman–Crippen LogP) is 4.32. The van der Waals surface area contributed by atoms with Crippen LogP contribution < -0.4 is 10.1 Å². The van der Waals surface area contributed by atoms with Gasteiger partial charge in [0.05, 0.1) is 12.5 Å². The number of methoxy groups -OCH3 is 1. The van der Waals surface area contributed by atoms with Crippen molar-refractivity contribution in [3.63, 3.8) is 0 Å². The molecule has 0 radical (unpaired) electrons.